The van der Waals surface area contributed by atoms with Gasteiger partial charge in [0, 0.05) is 34.2 Å². The van der Waals surface area contributed by atoms with Crippen molar-refractivity contribution in [2.75, 3.05) is 14.1 Å². The molecule has 3 aromatic rings. The van der Waals surface area contributed by atoms with Gasteiger partial charge in [0.2, 0.25) is 0 Å². The minimum absolute atomic E-state index is 0.876. The largest absolute Gasteiger partial charge is 0.363 e. The maximum absolute atomic E-state index is 5.52. The van der Waals surface area contributed by atoms with Gasteiger partial charge in [-0.25, -0.2) is 0 Å². The van der Waals surface area contributed by atoms with E-state index in [1.807, 2.05) is 19.0 Å². The Kier molecular flexibility index (Phi) is 5.11. The molecule has 0 amide bonds. The minimum Gasteiger partial charge on any atom is -0.363 e. The van der Waals surface area contributed by atoms with E-state index in [4.69, 9.17) is 12.2 Å². The Balaban J connectivity index is 2.24. The van der Waals surface area contributed by atoms with Crippen molar-refractivity contribution in [2.24, 2.45) is 0 Å². The van der Waals surface area contributed by atoms with E-state index in [1.54, 1.807) is 23.1 Å². The number of aryl methyl sites for hydroxylation is 1. The number of fused-ring (bicyclic) bond motifs is 1. The molecule has 1 aromatic heterocycles. The predicted molar refractivity (Wildman–Crippen MR) is 112 cm³/mol. The molecule has 0 aliphatic heterocycles. The molecule has 0 aliphatic rings. The van der Waals surface area contributed by atoms with Gasteiger partial charge >= 0.3 is 0 Å². The highest BCUT2D eigenvalue weighted by molar-refractivity contribution is 9.10. The smallest absolute Gasteiger partial charge is 0.141 e. The Morgan fingerprint density at radius 2 is 1.91 bits per heavy atom. The van der Waals surface area contributed by atoms with Gasteiger partial charge in [-0.05, 0) is 36.4 Å². The number of rotatable bonds is 2. The van der Waals surface area contributed by atoms with E-state index in [2.05, 4.69) is 65.3 Å². The molecule has 0 saturated heterocycles. The zero-order valence-electron chi connectivity index (χ0n) is 13.1. The van der Waals surface area contributed by atoms with Gasteiger partial charge in [0.25, 0.3) is 0 Å². The van der Waals surface area contributed by atoms with Gasteiger partial charge in [0.05, 0.1) is 4.21 Å². The second kappa shape index (κ2) is 6.93. The summed E-state index contributed by atoms with van der Waals surface area (Å²) in [4.78, 5) is 1.99. The number of hydrogen-bond donors (Lipinski definition) is 0. The van der Waals surface area contributed by atoms with Crippen LogP contribution < -0.4 is 0 Å². The van der Waals surface area contributed by atoms with E-state index in [9.17, 15) is 0 Å². The lowest BCUT2D eigenvalue weighted by Crippen LogP contribution is -2.15. The number of thiocarbonyl (C=S) groups is 1. The van der Waals surface area contributed by atoms with Gasteiger partial charge in [0.15, 0.2) is 0 Å². The normalized spacial score (nSPS) is 11.0. The van der Waals surface area contributed by atoms with Crippen molar-refractivity contribution in [3.63, 3.8) is 0 Å². The van der Waals surface area contributed by atoms with Gasteiger partial charge in [0.1, 0.15) is 4.32 Å². The molecular formula is C18H16BrNS3. The van der Waals surface area contributed by atoms with Crippen LogP contribution in [0.15, 0.2) is 51.1 Å². The highest BCUT2D eigenvalue weighted by Crippen LogP contribution is 2.46. The van der Waals surface area contributed by atoms with Gasteiger partial charge in [-0.15, -0.1) is 11.3 Å². The first-order valence-corrected chi connectivity index (χ1v) is 9.98. The van der Waals surface area contributed by atoms with Crippen molar-refractivity contribution >= 4 is 65.7 Å². The third kappa shape index (κ3) is 3.48. The van der Waals surface area contributed by atoms with Crippen LogP contribution in [0.4, 0.5) is 0 Å². The molecule has 0 saturated carbocycles. The zero-order valence-corrected chi connectivity index (χ0v) is 17.1. The Morgan fingerprint density at radius 1 is 1.17 bits per heavy atom. The molecule has 0 aliphatic carbocycles. The minimum atomic E-state index is 0.876. The number of halogens is 1. The number of thiophene rings is 1. The number of benzene rings is 2. The highest BCUT2D eigenvalue weighted by atomic mass is 79.9. The van der Waals surface area contributed by atoms with E-state index < -0.39 is 0 Å². The van der Waals surface area contributed by atoms with Crippen LogP contribution in [0.1, 0.15) is 5.56 Å². The summed E-state index contributed by atoms with van der Waals surface area (Å²) in [5.41, 5.74) is 3.76. The van der Waals surface area contributed by atoms with Crippen LogP contribution in [0.2, 0.25) is 0 Å². The van der Waals surface area contributed by atoms with Crippen molar-refractivity contribution in [1.29, 1.82) is 0 Å². The van der Waals surface area contributed by atoms with Gasteiger partial charge in [-0.1, -0.05) is 64.0 Å². The van der Waals surface area contributed by atoms with E-state index in [0.29, 0.717) is 0 Å². The van der Waals surface area contributed by atoms with Crippen LogP contribution in [0.5, 0.6) is 0 Å². The topological polar surface area (TPSA) is 3.24 Å². The molecule has 0 radical (unpaired) electrons. The first-order chi connectivity index (χ1) is 11.0. The second-order valence-corrected chi connectivity index (χ2v) is 9.32. The molecule has 1 heterocycles. The molecule has 0 N–H and O–H groups in total. The average Bonchev–Trinajstić information content (AvgIpc) is 2.87. The summed E-state index contributed by atoms with van der Waals surface area (Å²) in [5.74, 6) is 0. The monoisotopic (exact) mass is 421 g/mol. The molecule has 0 spiro atoms. The standard InChI is InChI=1S/C18H16BrNS3/c1-11-8-9-14(19)13(10-11)16-12-6-4-5-7-15(12)22-17(16)23-18(21)20(2)3/h4-10H,1-3H3. The first kappa shape index (κ1) is 17.0. The maximum Gasteiger partial charge on any atom is 0.141 e. The van der Waals surface area contributed by atoms with Crippen molar-refractivity contribution in [3.05, 3.63) is 52.5 Å². The SMILES string of the molecule is Cc1ccc(Br)c(-c2c(SC(=S)N(C)C)sc3ccccc23)c1. The summed E-state index contributed by atoms with van der Waals surface area (Å²) < 4.78 is 4.53. The summed E-state index contributed by atoms with van der Waals surface area (Å²) in [6.45, 7) is 2.13. The lowest BCUT2D eigenvalue weighted by Gasteiger charge is -2.13. The van der Waals surface area contributed by atoms with Gasteiger partial charge in [-0.2, -0.15) is 0 Å². The lowest BCUT2D eigenvalue weighted by atomic mass is 10.0. The molecule has 0 fully saturated rings. The van der Waals surface area contributed by atoms with E-state index in [-0.39, 0.29) is 0 Å². The molecule has 1 nitrogen and oxygen atoms in total. The molecular weight excluding hydrogens is 406 g/mol. The average molecular weight is 422 g/mol. The molecule has 3 rings (SSSR count). The van der Waals surface area contributed by atoms with Crippen LogP contribution in [0.25, 0.3) is 21.2 Å². The predicted octanol–water partition coefficient (Wildman–Crippen LogP) is 6.58. The molecule has 2 aromatic carbocycles. The third-order valence-electron chi connectivity index (χ3n) is 3.50. The van der Waals surface area contributed by atoms with E-state index >= 15 is 0 Å². The highest BCUT2D eigenvalue weighted by Gasteiger charge is 2.18. The summed E-state index contributed by atoms with van der Waals surface area (Å²) in [7, 11) is 3.98. The van der Waals surface area contributed by atoms with Crippen LogP contribution in [0.3, 0.4) is 0 Å². The van der Waals surface area contributed by atoms with Crippen LogP contribution >= 0.6 is 51.2 Å². The van der Waals surface area contributed by atoms with Crippen molar-refractivity contribution in [1.82, 2.24) is 4.90 Å². The molecule has 0 bridgehead atoms. The molecule has 5 heteroatoms. The third-order valence-corrected chi connectivity index (χ3v) is 7.20. The number of thioether (sulfide) groups is 1. The Labute approximate surface area is 158 Å². The summed E-state index contributed by atoms with van der Waals surface area (Å²) in [6, 6.07) is 15.0. The van der Waals surface area contributed by atoms with Crippen LogP contribution in [0, 0.1) is 6.92 Å². The second-order valence-electron chi connectivity index (χ2n) is 5.51. The molecule has 0 unspecified atom stereocenters. The Bertz CT molecular complexity index is 883. The summed E-state index contributed by atoms with van der Waals surface area (Å²) in [6.07, 6.45) is 0. The first-order valence-electron chi connectivity index (χ1n) is 7.14. The van der Waals surface area contributed by atoms with Crippen molar-refractivity contribution in [3.8, 4) is 11.1 Å². The van der Waals surface area contributed by atoms with E-state index in [0.717, 1.165) is 8.79 Å². The van der Waals surface area contributed by atoms with Crippen LogP contribution in [-0.2, 0) is 0 Å². The van der Waals surface area contributed by atoms with Crippen LogP contribution in [-0.4, -0.2) is 23.3 Å². The summed E-state index contributed by atoms with van der Waals surface area (Å²) >= 11 is 12.7. The van der Waals surface area contributed by atoms with E-state index in [1.165, 1.54) is 31.0 Å². The quantitative estimate of drug-likeness (QED) is 0.339. The van der Waals surface area contributed by atoms with Crippen molar-refractivity contribution in [2.45, 2.75) is 11.1 Å². The lowest BCUT2D eigenvalue weighted by molar-refractivity contribution is 0.648. The maximum atomic E-state index is 5.52. The van der Waals surface area contributed by atoms with Gasteiger partial charge < -0.3 is 4.90 Å². The fraction of sp³-hybridized carbons (Fsp3) is 0.167. The zero-order chi connectivity index (χ0) is 16.6. The molecule has 0 atom stereocenters. The fourth-order valence-corrected chi connectivity index (χ4v) is 5.49. The van der Waals surface area contributed by atoms with Crippen molar-refractivity contribution < 1.29 is 0 Å². The fourth-order valence-electron chi connectivity index (χ4n) is 2.35. The Morgan fingerprint density at radius 3 is 2.65 bits per heavy atom. The summed E-state index contributed by atoms with van der Waals surface area (Å²) in [5, 5.41) is 1.29. The Hall–Kier alpha value is -0.880. The number of nitrogens with zero attached hydrogens (tertiary/aromatic N) is 1. The van der Waals surface area contributed by atoms with Gasteiger partial charge in [-0.3, -0.25) is 0 Å². The molecule has 23 heavy (non-hydrogen) atoms. The molecule has 118 valence electrons. The number of hydrogen-bond acceptors (Lipinski definition) is 3.